The van der Waals surface area contributed by atoms with Crippen molar-refractivity contribution in [2.24, 2.45) is 17.1 Å². The van der Waals surface area contributed by atoms with Gasteiger partial charge in [-0.25, -0.2) is 9.59 Å². The van der Waals surface area contributed by atoms with Crippen molar-refractivity contribution in [2.45, 2.75) is 138 Å². The Hall–Kier alpha value is -2.89. The molecule has 5 N–H and O–H groups in total. The van der Waals surface area contributed by atoms with Crippen LogP contribution in [0.2, 0.25) is 0 Å². The highest BCUT2D eigenvalue weighted by Crippen LogP contribution is 2.26. The molecule has 3 unspecified atom stereocenters. The Kier molecular flexibility index (Phi) is 16.4. The van der Waals surface area contributed by atoms with Crippen molar-refractivity contribution in [3.63, 3.8) is 0 Å². The quantitative estimate of drug-likeness (QED) is 0.143. The Morgan fingerprint density at radius 1 is 0.977 bits per heavy atom. The molecule has 12 nitrogen and oxygen atoms in total. The molecule has 254 valence electrons. The number of urea groups is 1. The highest BCUT2D eigenvalue weighted by atomic mass is 35.5. The van der Waals surface area contributed by atoms with Gasteiger partial charge in [0.25, 0.3) is 5.91 Å². The van der Waals surface area contributed by atoms with Gasteiger partial charge in [0.15, 0.2) is 0 Å². The van der Waals surface area contributed by atoms with E-state index in [9.17, 15) is 28.8 Å². The molecule has 0 aromatic carbocycles. The zero-order valence-electron chi connectivity index (χ0n) is 28.5. The monoisotopic (exact) mass is 645 g/mol. The van der Waals surface area contributed by atoms with Gasteiger partial charge in [-0.05, 0) is 71.6 Å². The second-order valence-corrected chi connectivity index (χ2v) is 14.3. The lowest BCUT2D eigenvalue weighted by molar-refractivity contribution is -0.161. The Bertz CT molecular complexity index is 1020. The number of hydrogen-bond donors (Lipinski definition) is 4. The number of ketones is 1. The predicted molar refractivity (Wildman–Crippen MR) is 171 cm³/mol. The van der Waals surface area contributed by atoms with Crippen molar-refractivity contribution >= 4 is 47.1 Å². The third kappa shape index (κ3) is 13.8. The van der Waals surface area contributed by atoms with Gasteiger partial charge in [-0.15, -0.1) is 11.6 Å². The van der Waals surface area contributed by atoms with Gasteiger partial charge in [-0.1, -0.05) is 48.0 Å². The summed E-state index contributed by atoms with van der Waals surface area (Å²) < 4.78 is 5.39. The van der Waals surface area contributed by atoms with Crippen LogP contribution in [0.4, 0.5) is 4.79 Å². The van der Waals surface area contributed by atoms with Gasteiger partial charge in [0.2, 0.25) is 17.6 Å². The standard InChI is InChI=1S/C28H49N5O7.C3H7Cl/c1-11-16(2)15-17(19(34)21(29)35)30-22(36)18-13-12-14-33(18)23(37)20(26(3,4)5)31-25(39)32-28(9,10)24(38)40-27(6,7)8;1-2-3-4/h16-18,20H,11-15H2,1-10H3,(H2,29,35)(H,30,36)(H2,31,32,39);2-3H2,1H3/t16?,17?,18-,20?;/m0./s1. The summed E-state index contributed by atoms with van der Waals surface area (Å²) in [5, 5.41) is 7.89. The maximum Gasteiger partial charge on any atom is 0.331 e. The fourth-order valence-electron chi connectivity index (χ4n) is 4.27. The molecule has 1 saturated heterocycles. The summed E-state index contributed by atoms with van der Waals surface area (Å²) in [5.74, 6) is -2.85. The zero-order valence-corrected chi connectivity index (χ0v) is 29.3. The molecule has 0 spiro atoms. The van der Waals surface area contributed by atoms with Crippen LogP contribution in [-0.4, -0.2) is 82.1 Å². The highest BCUT2D eigenvalue weighted by Gasteiger charge is 2.43. The van der Waals surface area contributed by atoms with Gasteiger partial charge in [0, 0.05) is 12.4 Å². The molecule has 1 heterocycles. The number of alkyl halides is 1. The number of carbonyl (C=O) groups excluding carboxylic acids is 6. The molecule has 0 bridgehead atoms. The second-order valence-electron chi connectivity index (χ2n) is 13.9. The summed E-state index contributed by atoms with van der Waals surface area (Å²) >= 11 is 5.19. The molecule has 0 aromatic rings. The van der Waals surface area contributed by atoms with Gasteiger partial charge in [0.1, 0.15) is 23.2 Å². The number of amides is 5. The first-order valence-electron chi connectivity index (χ1n) is 15.3. The Balaban J connectivity index is 0.00000433. The number of nitrogens with one attached hydrogen (secondary N) is 3. The number of carbonyl (C=O) groups is 6. The van der Waals surface area contributed by atoms with Gasteiger partial charge < -0.3 is 31.3 Å². The number of nitrogens with two attached hydrogens (primary N) is 1. The van der Waals surface area contributed by atoms with Crippen LogP contribution in [0.1, 0.15) is 108 Å². The average molecular weight is 646 g/mol. The molecule has 0 radical (unpaired) electrons. The minimum absolute atomic E-state index is 0.0489. The van der Waals surface area contributed by atoms with Crippen LogP contribution in [0.3, 0.4) is 0 Å². The lowest BCUT2D eigenvalue weighted by Gasteiger charge is -2.36. The van der Waals surface area contributed by atoms with Gasteiger partial charge in [0.05, 0.1) is 6.04 Å². The highest BCUT2D eigenvalue weighted by molar-refractivity contribution is 6.37. The maximum atomic E-state index is 13.8. The molecule has 0 aromatic heterocycles. The molecular formula is C31H56ClN5O7. The first-order chi connectivity index (χ1) is 20.0. The first-order valence-corrected chi connectivity index (χ1v) is 15.9. The van der Waals surface area contributed by atoms with Crippen LogP contribution in [0.15, 0.2) is 0 Å². The first kappa shape index (κ1) is 41.1. The summed E-state index contributed by atoms with van der Waals surface area (Å²) in [5.41, 5.74) is 2.32. The van der Waals surface area contributed by atoms with Crippen LogP contribution in [0.25, 0.3) is 0 Å². The van der Waals surface area contributed by atoms with E-state index in [0.29, 0.717) is 12.8 Å². The summed E-state index contributed by atoms with van der Waals surface area (Å²) in [7, 11) is 0. The summed E-state index contributed by atoms with van der Waals surface area (Å²) in [6.45, 7) is 19.6. The van der Waals surface area contributed by atoms with Crippen molar-refractivity contribution in [1.82, 2.24) is 20.9 Å². The van der Waals surface area contributed by atoms with Crippen LogP contribution in [0, 0.1) is 11.3 Å². The molecular weight excluding hydrogens is 590 g/mol. The molecule has 4 atom stereocenters. The predicted octanol–water partition coefficient (Wildman–Crippen LogP) is 3.42. The van der Waals surface area contributed by atoms with E-state index in [1.54, 1.807) is 41.5 Å². The summed E-state index contributed by atoms with van der Waals surface area (Å²) in [6.07, 6.45) is 2.95. The van der Waals surface area contributed by atoms with Crippen molar-refractivity contribution in [2.75, 3.05) is 12.4 Å². The number of Topliss-reactive ketones (excluding diaryl/α,β-unsaturated/α-hetero) is 1. The van der Waals surface area contributed by atoms with Crippen molar-refractivity contribution in [3.05, 3.63) is 0 Å². The largest absolute Gasteiger partial charge is 0.458 e. The number of halogens is 1. The number of nitrogens with zero attached hydrogens (tertiary/aromatic N) is 1. The topological polar surface area (TPSA) is 177 Å². The maximum absolute atomic E-state index is 13.8. The van der Waals surface area contributed by atoms with Crippen LogP contribution < -0.4 is 21.7 Å². The number of ether oxygens (including phenoxy) is 1. The van der Waals surface area contributed by atoms with Gasteiger partial charge in [-0.3, -0.25) is 19.2 Å². The SMILES string of the molecule is CCC(C)CC(NC(=O)[C@@H]1CCCN1C(=O)C(NC(=O)NC(C)(C)C(=O)OC(C)(C)C)C(C)(C)C)C(=O)C(N)=O.CCCCl. The molecule has 1 fully saturated rings. The van der Waals surface area contributed by atoms with Crippen LogP contribution >= 0.6 is 11.6 Å². The van der Waals surface area contributed by atoms with E-state index in [-0.39, 0.29) is 18.9 Å². The van der Waals surface area contributed by atoms with Gasteiger partial charge in [-0.2, -0.15) is 0 Å². The second kappa shape index (κ2) is 17.6. The van der Waals surface area contributed by atoms with E-state index in [2.05, 4.69) is 16.0 Å². The third-order valence-corrected chi connectivity index (χ3v) is 7.34. The zero-order chi connectivity index (χ0) is 34.6. The number of esters is 1. The van der Waals surface area contributed by atoms with Crippen LogP contribution in [-0.2, 0) is 28.7 Å². The molecule has 0 saturated carbocycles. The number of rotatable bonds is 12. The molecule has 1 aliphatic heterocycles. The summed E-state index contributed by atoms with van der Waals surface area (Å²) in [6, 6.07) is -3.76. The lowest BCUT2D eigenvalue weighted by atomic mass is 9.85. The molecule has 0 aliphatic carbocycles. The molecule has 44 heavy (non-hydrogen) atoms. The number of likely N-dealkylation sites (tertiary alicyclic amines) is 1. The Morgan fingerprint density at radius 2 is 1.52 bits per heavy atom. The fourth-order valence-corrected chi connectivity index (χ4v) is 4.27. The normalized spacial score (nSPS) is 17.3. The van der Waals surface area contributed by atoms with E-state index in [4.69, 9.17) is 22.1 Å². The number of primary amides is 1. The Labute approximate surface area is 268 Å². The van der Waals surface area contributed by atoms with E-state index in [0.717, 1.165) is 18.7 Å². The van der Waals surface area contributed by atoms with E-state index >= 15 is 0 Å². The summed E-state index contributed by atoms with van der Waals surface area (Å²) in [4.78, 5) is 78.0. The molecule has 5 amide bonds. The van der Waals surface area contributed by atoms with E-state index in [1.807, 2.05) is 20.8 Å². The average Bonchev–Trinajstić information content (AvgIpc) is 3.39. The van der Waals surface area contributed by atoms with Crippen molar-refractivity contribution in [1.29, 1.82) is 0 Å². The minimum Gasteiger partial charge on any atom is -0.458 e. The molecule has 1 rings (SSSR count). The van der Waals surface area contributed by atoms with Crippen molar-refractivity contribution in [3.8, 4) is 0 Å². The van der Waals surface area contributed by atoms with E-state index in [1.165, 1.54) is 18.7 Å². The van der Waals surface area contributed by atoms with Crippen LogP contribution in [0.5, 0.6) is 0 Å². The third-order valence-electron chi connectivity index (χ3n) is 6.96. The number of hydrogen-bond acceptors (Lipinski definition) is 7. The Morgan fingerprint density at radius 3 is 1.95 bits per heavy atom. The smallest absolute Gasteiger partial charge is 0.331 e. The fraction of sp³-hybridized carbons (Fsp3) is 0.806. The van der Waals surface area contributed by atoms with Crippen molar-refractivity contribution < 1.29 is 33.5 Å². The lowest BCUT2D eigenvalue weighted by Crippen LogP contribution is -2.62. The minimum atomic E-state index is -1.38. The van der Waals surface area contributed by atoms with E-state index < -0.39 is 70.2 Å². The van der Waals surface area contributed by atoms with Gasteiger partial charge >= 0.3 is 12.0 Å². The molecule has 1 aliphatic rings. The molecule has 13 heteroatoms.